The summed E-state index contributed by atoms with van der Waals surface area (Å²) in [7, 11) is 0. The maximum atomic E-state index is 12.6. The predicted octanol–water partition coefficient (Wildman–Crippen LogP) is 6.73. The van der Waals surface area contributed by atoms with E-state index in [-0.39, 0.29) is 12.1 Å². The van der Waals surface area contributed by atoms with Gasteiger partial charge in [-0.05, 0) is 65.7 Å². The Morgan fingerprint density at radius 1 is 0.645 bits per heavy atom. The maximum Gasteiger partial charge on any atom is 0.339 e. The van der Waals surface area contributed by atoms with Gasteiger partial charge in [-0.25, -0.2) is 4.79 Å². The topological polar surface area (TPSA) is 44.8 Å². The molecule has 1 atom stereocenters. The third kappa shape index (κ3) is 4.28. The number of benzene rings is 4. The molecular formula is C27H20O4. The van der Waals surface area contributed by atoms with Crippen LogP contribution in [0.3, 0.4) is 0 Å². The molecule has 0 amide bonds. The van der Waals surface area contributed by atoms with E-state index >= 15 is 0 Å². The Morgan fingerprint density at radius 3 is 1.84 bits per heavy atom. The van der Waals surface area contributed by atoms with Crippen molar-refractivity contribution in [2.75, 3.05) is 0 Å². The van der Waals surface area contributed by atoms with Crippen LogP contribution in [0.4, 0.5) is 0 Å². The number of fused-ring (bicyclic) bond motifs is 1. The molecule has 0 bridgehead atoms. The van der Waals surface area contributed by atoms with Crippen LogP contribution in [0.2, 0.25) is 0 Å². The van der Waals surface area contributed by atoms with Gasteiger partial charge in [-0.1, -0.05) is 48.5 Å². The molecule has 0 aromatic heterocycles. The summed E-state index contributed by atoms with van der Waals surface area (Å²) < 4.78 is 17.5. The van der Waals surface area contributed by atoms with E-state index in [2.05, 4.69) is 0 Å². The molecule has 0 saturated carbocycles. The summed E-state index contributed by atoms with van der Waals surface area (Å²) in [5.41, 5.74) is 2.42. The first kappa shape index (κ1) is 18.9. The van der Waals surface area contributed by atoms with Gasteiger partial charge >= 0.3 is 5.97 Å². The van der Waals surface area contributed by atoms with Crippen LogP contribution in [0.15, 0.2) is 103 Å². The molecule has 1 aliphatic heterocycles. The molecule has 4 heteroatoms. The average Bonchev–Trinajstić information content (AvgIpc) is 2.81. The minimum atomic E-state index is -0.349. The Balaban J connectivity index is 1.33. The van der Waals surface area contributed by atoms with E-state index in [0.29, 0.717) is 17.7 Å². The minimum absolute atomic E-state index is 0.317. The molecule has 0 aliphatic carbocycles. The number of carbonyl (C=O) groups is 1. The lowest BCUT2D eigenvalue weighted by Gasteiger charge is -2.25. The molecule has 31 heavy (non-hydrogen) atoms. The van der Waals surface area contributed by atoms with E-state index in [4.69, 9.17) is 14.2 Å². The number of rotatable bonds is 5. The third-order valence-electron chi connectivity index (χ3n) is 5.16. The summed E-state index contributed by atoms with van der Waals surface area (Å²) in [6, 6.07) is 32.3. The van der Waals surface area contributed by atoms with E-state index < -0.39 is 0 Å². The summed E-state index contributed by atoms with van der Waals surface area (Å²) in [6.07, 6.45) is 0.240. The van der Waals surface area contributed by atoms with Crippen molar-refractivity contribution in [3.8, 4) is 23.0 Å². The number of para-hydroxylation sites is 2. The first-order chi connectivity index (χ1) is 15.2. The second kappa shape index (κ2) is 8.36. The monoisotopic (exact) mass is 408 g/mol. The van der Waals surface area contributed by atoms with Gasteiger partial charge in [0.1, 0.15) is 29.1 Å². The standard InChI is InChI=1S/C27H20O4/c28-27-25-16-15-24(30-22-9-5-2-6-10-22)17-20(25)18-26(31-27)19-11-13-23(14-12-19)29-21-7-3-1-4-8-21/h1-17,26H,18H2. The van der Waals surface area contributed by atoms with Crippen LogP contribution in [0.25, 0.3) is 0 Å². The fraction of sp³-hybridized carbons (Fsp3) is 0.0741. The zero-order valence-corrected chi connectivity index (χ0v) is 16.7. The molecule has 4 aromatic rings. The van der Waals surface area contributed by atoms with E-state index in [1.807, 2.05) is 91.0 Å². The quantitative estimate of drug-likeness (QED) is 0.344. The van der Waals surface area contributed by atoms with Gasteiger partial charge in [-0.2, -0.15) is 0 Å². The van der Waals surface area contributed by atoms with Gasteiger partial charge in [0.15, 0.2) is 0 Å². The maximum absolute atomic E-state index is 12.6. The molecule has 4 aromatic carbocycles. The Morgan fingerprint density at radius 2 is 1.19 bits per heavy atom. The molecule has 4 nitrogen and oxygen atoms in total. The zero-order valence-electron chi connectivity index (χ0n) is 16.7. The summed E-state index contributed by atoms with van der Waals surface area (Å²) >= 11 is 0. The Labute approximate surface area is 180 Å². The van der Waals surface area contributed by atoms with Gasteiger partial charge in [-0.3, -0.25) is 0 Å². The molecule has 0 N–H and O–H groups in total. The van der Waals surface area contributed by atoms with Crippen LogP contribution in [-0.2, 0) is 11.2 Å². The van der Waals surface area contributed by atoms with Gasteiger partial charge in [0.05, 0.1) is 5.56 Å². The summed E-state index contributed by atoms with van der Waals surface area (Å²) in [5, 5.41) is 0. The van der Waals surface area contributed by atoms with E-state index in [0.717, 1.165) is 28.4 Å². The van der Waals surface area contributed by atoms with Crippen molar-refractivity contribution in [3.63, 3.8) is 0 Å². The number of cyclic esters (lactones) is 1. The van der Waals surface area contributed by atoms with Gasteiger partial charge in [-0.15, -0.1) is 0 Å². The Bertz CT molecular complexity index is 1190. The molecule has 0 radical (unpaired) electrons. The highest BCUT2D eigenvalue weighted by atomic mass is 16.5. The van der Waals surface area contributed by atoms with Crippen molar-refractivity contribution in [3.05, 3.63) is 120 Å². The highest BCUT2D eigenvalue weighted by Gasteiger charge is 2.28. The highest BCUT2D eigenvalue weighted by molar-refractivity contribution is 5.92. The van der Waals surface area contributed by atoms with Gasteiger partial charge in [0, 0.05) is 6.42 Å². The first-order valence-electron chi connectivity index (χ1n) is 10.1. The lowest BCUT2D eigenvalue weighted by molar-refractivity contribution is 0.0252. The fourth-order valence-corrected chi connectivity index (χ4v) is 3.62. The highest BCUT2D eigenvalue weighted by Crippen LogP contribution is 2.34. The van der Waals surface area contributed by atoms with Crippen molar-refractivity contribution in [2.24, 2.45) is 0 Å². The lowest BCUT2D eigenvalue weighted by Crippen LogP contribution is -2.21. The van der Waals surface area contributed by atoms with E-state index in [1.165, 1.54) is 0 Å². The normalized spacial score (nSPS) is 15.0. The van der Waals surface area contributed by atoms with Crippen molar-refractivity contribution >= 4 is 5.97 Å². The second-order valence-corrected chi connectivity index (χ2v) is 7.32. The average molecular weight is 408 g/mol. The van der Waals surface area contributed by atoms with Crippen molar-refractivity contribution in [2.45, 2.75) is 12.5 Å². The fourth-order valence-electron chi connectivity index (χ4n) is 3.62. The van der Waals surface area contributed by atoms with Crippen LogP contribution in [0.5, 0.6) is 23.0 Å². The third-order valence-corrected chi connectivity index (χ3v) is 5.16. The second-order valence-electron chi connectivity index (χ2n) is 7.32. The smallest absolute Gasteiger partial charge is 0.339 e. The van der Waals surface area contributed by atoms with Crippen LogP contribution in [-0.4, -0.2) is 5.97 Å². The lowest BCUT2D eigenvalue weighted by atomic mass is 9.94. The van der Waals surface area contributed by atoms with Gasteiger partial charge < -0.3 is 14.2 Å². The van der Waals surface area contributed by atoms with Crippen LogP contribution in [0, 0.1) is 0 Å². The van der Waals surface area contributed by atoms with Gasteiger partial charge in [0.25, 0.3) is 0 Å². The number of esters is 1. The Hall–Kier alpha value is -4.05. The number of hydrogen-bond donors (Lipinski definition) is 0. The summed E-state index contributed by atoms with van der Waals surface area (Å²) in [5.74, 6) is 2.65. The van der Waals surface area contributed by atoms with Crippen molar-refractivity contribution in [1.29, 1.82) is 0 Å². The largest absolute Gasteiger partial charge is 0.457 e. The number of carbonyl (C=O) groups excluding carboxylic acids is 1. The first-order valence-corrected chi connectivity index (χ1v) is 10.1. The number of hydrogen-bond acceptors (Lipinski definition) is 4. The predicted molar refractivity (Wildman–Crippen MR) is 118 cm³/mol. The summed E-state index contributed by atoms with van der Waals surface area (Å²) in [4.78, 5) is 12.6. The zero-order chi connectivity index (χ0) is 21.0. The van der Waals surface area contributed by atoms with Gasteiger partial charge in [0.2, 0.25) is 0 Å². The SMILES string of the molecule is O=C1OC(c2ccc(Oc3ccccc3)cc2)Cc2cc(Oc3ccccc3)ccc21. The molecule has 0 saturated heterocycles. The van der Waals surface area contributed by atoms with E-state index in [1.54, 1.807) is 12.1 Å². The molecule has 0 fully saturated rings. The molecule has 1 aliphatic rings. The van der Waals surface area contributed by atoms with Crippen molar-refractivity contribution in [1.82, 2.24) is 0 Å². The summed E-state index contributed by atoms with van der Waals surface area (Å²) in [6.45, 7) is 0. The van der Waals surface area contributed by atoms with Crippen molar-refractivity contribution < 1.29 is 19.0 Å². The number of ether oxygens (including phenoxy) is 3. The molecule has 5 rings (SSSR count). The molecule has 1 unspecified atom stereocenters. The van der Waals surface area contributed by atoms with Crippen LogP contribution in [0.1, 0.15) is 27.6 Å². The minimum Gasteiger partial charge on any atom is -0.457 e. The molecule has 1 heterocycles. The van der Waals surface area contributed by atoms with Crippen LogP contribution < -0.4 is 9.47 Å². The van der Waals surface area contributed by atoms with Crippen LogP contribution >= 0.6 is 0 Å². The van der Waals surface area contributed by atoms with E-state index in [9.17, 15) is 4.79 Å². The molecule has 152 valence electrons. The Kier molecular flexibility index (Phi) is 5.11. The molecule has 0 spiro atoms. The molecular weight excluding hydrogens is 388 g/mol.